The van der Waals surface area contributed by atoms with Crippen LogP contribution in [-0.4, -0.2) is 20.8 Å². The molecule has 0 saturated carbocycles. The molecule has 2 rings (SSSR count). The molecule has 0 radical (unpaired) electrons. The number of phenols is 1. The van der Waals surface area contributed by atoms with Gasteiger partial charge < -0.3 is 10.4 Å². The molecule has 0 fully saturated rings. The summed E-state index contributed by atoms with van der Waals surface area (Å²) in [6.07, 6.45) is 3.39. The van der Waals surface area contributed by atoms with E-state index in [2.05, 4.69) is 10.4 Å². The summed E-state index contributed by atoms with van der Waals surface area (Å²) in [6.45, 7) is 5.73. The maximum Gasteiger partial charge on any atom is 0.256 e. The van der Waals surface area contributed by atoms with Crippen LogP contribution in [0.15, 0.2) is 30.6 Å². The second-order valence-electron chi connectivity index (χ2n) is 4.71. The monoisotopic (exact) mass is 259 g/mol. The first-order valence-electron chi connectivity index (χ1n) is 6.13. The highest BCUT2D eigenvalue weighted by molar-refractivity contribution is 6.05. The summed E-state index contributed by atoms with van der Waals surface area (Å²) < 4.78 is 1.77. The van der Waals surface area contributed by atoms with E-state index < -0.39 is 0 Å². The highest BCUT2D eigenvalue weighted by Crippen LogP contribution is 2.20. The highest BCUT2D eigenvalue weighted by atomic mass is 16.3. The van der Waals surface area contributed by atoms with Crippen LogP contribution in [0.5, 0.6) is 5.75 Å². The van der Waals surface area contributed by atoms with E-state index in [0.29, 0.717) is 16.8 Å². The van der Waals surface area contributed by atoms with Gasteiger partial charge in [-0.3, -0.25) is 9.48 Å². The number of amides is 1. The normalized spacial score (nSPS) is 10.7. The summed E-state index contributed by atoms with van der Waals surface area (Å²) >= 11 is 0. The Morgan fingerprint density at radius 1 is 1.42 bits per heavy atom. The molecule has 1 aromatic carbocycles. The van der Waals surface area contributed by atoms with Crippen molar-refractivity contribution in [2.75, 3.05) is 5.32 Å². The van der Waals surface area contributed by atoms with Crippen molar-refractivity contribution in [2.45, 2.75) is 26.8 Å². The fourth-order valence-electron chi connectivity index (χ4n) is 1.75. The van der Waals surface area contributed by atoms with Crippen molar-refractivity contribution in [3.05, 3.63) is 41.7 Å². The second-order valence-corrected chi connectivity index (χ2v) is 4.71. The number of nitrogens with zero attached hydrogens (tertiary/aromatic N) is 2. The van der Waals surface area contributed by atoms with Gasteiger partial charge >= 0.3 is 0 Å². The van der Waals surface area contributed by atoms with Crippen molar-refractivity contribution in [3.8, 4) is 5.75 Å². The van der Waals surface area contributed by atoms with Gasteiger partial charge in [0.25, 0.3) is 5.91 Å². The predicted molar refractivity (Wildman–Crippen MR) is 73.4 cm³/mol. The minimum absolute atomic E-state index is 0.116. The van der Waals surface area contributed by atoms with E-state index >= 15 is 0 Å². The molecule has 5 nitrogen and oxygen atoms in total. The number of hydrogen-bond acceptors (Lipinski definition) is 3. The summed E-state index contributed by atoms with van der Waals surface area (Å²) in [5.41, 5.74) is 1.66. The summed E-state index contributed by atoms with van der Waals surface area (Å²) in [4.78, 5) is 12.1. The van der Waals surface area contributed by atoms with Gasteiger partial charge in [0.15, 0.2) is 0 Å². The van der Waals surface area contributed by atoms with E-state index in [1.54, 1.807) is 42.2 Å². The fraction of sp³-hybridized carbons (Fsp3) is 0.286. The molecule has 1 aromatic heterocycles. The molecule has 100 valence electrons. The first-order valence-corrected chi connectivity index (χ1v) is 6.13. The van der Waals surface area contributed by atoms with E-state index in [-0.39, 0.29) is 17.7 Å². The van der Waals surface area contributed by atoms with Gasteiger partial charge in [0, 0.05) is 23.4 Å². The topological polar surface area (TPSA) is 67.2 Å². The molecule has 0 atom stereocenters. The summed E-state index contributed by atoms with van der Waals surface area (Å²) in [5, 5.41) is 16.5. The minimum Gasteiger partial charge on any atom is -0.508 e. The molecule has 0 aliphatic carbocycles. The largest absolute Gasteiger partial charge is 0.508 e. The standard InChI is InChI=1S/C14H17N3O2/c1-9(2)17-8-11(7-15-17)16-14(19)12-5-4-6-13(18)10(12)3/h4-9,18H,1-3H3,(H,16,19). The molecule has 1 heterocycles. The van der Waals surface area contributed by atoms with Crippen molar-refractivity contribution >= 4 is 11.6 Å². The van der Waals surface area contributed by atoms with Crippen molar-refractivity contribution in [1.29, 1.82) is 0 Å². The third-order valence-electron chi connectivity index (χ3n) is 2.94. The van der Waals surface area contributed by atoms with Crippen LogP contribution >= 0.6 is 0 Å². The van der Waals surface area contributed by atoms with Crippen molar-refractivity contribution in [2.24, 2.45) is 0 Å². The molecule has 0 spiro atoms. The second kappa shape index (κ2) is 5.14. The van der Waals surface area contributed by atoms with Crippen LogP contribution in [-0.2, 0) is 0 Å². The lowest BCUT2D eigenvalue weighted by molar-refractivity contribution is 0.102. The number of hydrogen-bond donors (Lipinski definition) is 2. The number of phenolic OH excluding ortho intramolecular Hbond substituents is 1. The van der Waals surface area contributed by atoms with Gasteiger partial charge in [0.05, 0.1) is 11.9 Å². The summed E-state index contributed by atoms with van der Waals surface area (Å²) in [6, 6.07) is 5.13. The number of nitrogens with one attached hydrogen (secondary N) is 1. The van der Waals surface area contributed by atoms with Crippen molar-refractivity contribution < 1.29 is 9.90 Å². The molecule has 2 aromatic rings. The Balaban J connectivity index is 2.18. The molecule has 2 N–H and O–H groups in total. The maximum atomic E-state index is 12.1. The van der Waals surface area contributed by atoms with Crippen LogP contribution < -0.4 is 5.32 Å². The lowest BCUT2D eigenvalue weighted by atomic mass is 10.1. The molecule has 0 unspecified atom stereocenters. The van der Waals surface area contributed by atoms with Crippen LogP contribution in [0.3, 0.4) is 0 Å². The van der Waals surface area contributed by atoms with E-state index in [9.17, 15) is 9.90 Å². The van der Waals surface area contributed by atoms with Crippen molar-refractivity contribution in [3.63, 3.8) is 0 Å². The third-order valence-corrected chi connectivity index (χ3v) is 2.94. The zero-order chi connectivity index (χ0) is 14.0. The number of rotatable bonds is 3. The Labute approximate surface area is 111 Å². The fourth-order valence-corrected chi connectivity index (χ4v) is 1.75. The zero-order valence-corrected chi connectivity index (χ0v) is 11.2. The first kappa shape index (κ1) is 13.1. The van der Waals surface area contributed by atoms with Gasteiger partial charge in [-0.2, -0.15) is 5.10 Å². The quantitative estimate of drug-likeness (QED) is 0.890. The lowest BCUT2D eigenvalue weighted by Crippen LogP contribution is -2.13. The Kier molecular flexibility index (Phi) is 3.55. The van der Waals surface area contributed by atoms with Gasteiger partial charge in [-0.05, 0) is 32.9 Å². The number of benzene rings is 1. The van der Waals surface area contributed by atoms with E-state index in [4.69, 9.17) is 0 Å². The lowest BCUT2D eigenvalue weighted by Gasteiger charge is -2.07. The predicted octanol–water partition coefficient (Wildman–Crippen LogP) is 2.73. The Morgan fingerprint density at radius 2 is 2.16 bits per heavy atom. The van der Waals surface area contributed by atoms with Crippen LogP contribution in [0.25, 0.3) is 0 Å². The van der Waals surface area contributed by atoms with Crippen LogP contribution in [0, 0.1) is 6.92 Å². The third kappa shape index (κ3) is 2.76. The smallest absolute Gasteiger partial charge is 0.256 e. The summed E-state index contributed by atoms with van der Waals surface area (Å²) in [5.74, 6) is -0.137. The minimum atomic E-state index is -0.253. The molecule has 5 heteroatoms. The molecule has 0 bridgehead atoms. The number of aromatic hydroxyl groups is 1. The zero-order valence-electron chi connectivity index (χ0n) is 11.2. The highest BCUT2D eigenvalue weighted by Gasteiger charge is 2.12. The molecule has 1 amide bonds. The van der Waals surface area contributed by atoms with Gasteiger partial charge in [0.2, 0.25) is 0 Å². The number of carbonyl (C=O) groups excluding carboxylic acids is 1. The van der Waals surface area contributed by atoms with E-state index in [1.165, 1.54) is 0 Å². The number of anilines is 1. The molecular weight excluding hydrogens is 242 g/mol. The first-order chi connectivity index (χ1) is 8.99. The Bertz CT molecular complexity index is 602. The van der Waals surface area contributed by atoms with Gasteiger partial charge in [0.1, 0.15) is 5.75 Å². The summed E-state index contributed by atoms with van der Waals surface area (Å²) in [7, 11) is 0. The van der Waals surface area contributed by atoms with E-state index in [1.807, 2.05) is 13.8 Å². The Hall–Kier alpha value is -2.30. The molecule has 19 heavy (non-hydrogen) atoms. The van der Waals surface area contributed by atoms with Gasteiger partial charge in [-0.25, -0.2) is 0 Å². The molecule has 0 aliphatic heterocycles. The Morgan fingerprint density at radius 3 is 2.79 bits per heavy atom. The van der Waals surface area contributed by atoms with Crippen molar-refractivity contribution in [1.82, 2.24) is 9.78 Å². The average Bonchev–Trinajstić information content (AvgIpc) is 2.81. The van der Waals surface area contributed by atoms with Gasteiger partial charge in [-0.15, -0.1) is 0 Å². The van der Waals surface area contributed by atoms with Crippen LogP contribution in [0.2, 0.25) is 0 Å². The molecule has 0 saturated heterocycles. The number of carbonyl (C=O) groups is 1. The average molecular weight is 259 g/mol. The van der Waals surface area contributed by atoms with Gasteiger partial charge in [-0.1, -0.05) is 6.07 Å². The SMILES string of the molecule is Cc1c(O)cccc1C(=O)Nc1cnn(C(C)C)c1. The molecular formula is C14H17N3O2. The molecule has 0 aliphatic rings. The number of aromatic nitrogens is 2. The van der Waals surface area contributed by atoms with E-state index in [0.717, 1.165) is 0 Å². The van der Waals surface area contributed by atoms with Crippen LogP contribution in [0.1, 0.15) is 35.8 Å². The maximum absolute atomic E-state index is 12.1. The van der Waals surface area contributed by atoms with Crippen LogP contribution in [0.4, 0.5) is 5.69 Å².